The predicted molar refractivity (Wildman–Crippen MR) is 85.7 cm³/mol. The van der Waals surface area contributed by atoms with Gasteiger partial charge in [-0.3, -0.25) is 0 Å². The van der Waals surface area contributed by atoms with Crippen molar-refractivity contribution in [3.8, 4) is 0 Å². The lowest BCUT2D eigenvalue weighted by Gasteiger charge is -2.34. The Morgan fingerprint density at radius 2 is 1.95 bits per heavy atom. The second kappa shape index (κ2) is 6.58. The third-order valence-corrected chi connectivity index (χ3v) is 3.77. The monoisotopic (exact) mass is 309 g/mol. The molecule has 0 spiro atoms. The van der Waals surface area contributed by atoms with Crippen LogP contribution in [0.25, 0.3) is 0 Å². The van der Waals surface area contributed by atoms with Crippen LogP contribution < -0.4 is 0 Å². The number of aliphatic imine (C=N–C) groups is 1. The Morgan fingerprint density at radius 1 is 1.32 bits per heavy atom. The number of likely N-dealkylation sites (tertiary alicyclic amines) is 1. The molecule has 1 amide bonds. The molecule has 0 N–H and O–H groups in total. The van der Waals surface area contributed by atoms with Gasteiger partial charge in [0.1, 0.15) is 11.7 Å². The van der Waals surface area contributed by atoms with Crippen molar-refractivity contribution >= 4 is 12.4 Å². The van der Waals surface area contributed by atoms with E-state index in [0.717, 1.165) is 12.8 Å². The average molecular weight is 309 g/mol. The summed E-state index contributed by atoms with van der Waals surface area (Å²) in [4.78, 5) is 20.1. The number of hydrogen-bond acceptors (Lipinski definition) is 5. The molecule has 1 unspecified atom stereocenters. The van der Waals surface area contributed by atoms with Gasteiger partial charge in [-0.1, -0.05) is 0 Å². The Hall–Kier alpha value is -1.72. The minimum atomic E-state index is -0.450. The van der Waals surface area contributed by atoms with Crippen LogP contribution in [-0.2, 0) is 9.47 Å². The van der Waals surface area contributed by atoms with E-state index >= 15 is 0 Å². The number of likely N-dealkylation sites (N-methyl/N-ethyl adjacent to an activating group) is 1. The summed E-state index contributed by atoms with van der Waals surface area (Å²) in [7, 11) is 1.99. The van der Waals surface area contributed by atoms with Crippen molar-refractivity contribution in [1.29, 1.82) is 0 Å². The zero-order valence-electron chi connectivity index (χ0n) is 14.2. The Kier molecular flexibility index (Phi) is 4.98. The van der Waals surface area contributed by atoms with Crippen molar-refractivity contribution in [3.63, 3.8) is 0 Å². The van der Waals surface area contributed by atoms with Crippen LogP contribution in [0.1, 0.15) is 40.5 Å². The summed E-state index contributed by atoms with van der Waals surface area (Å²) in [5, 5.41) is 0. The smallest absolute Gasteiger partial charge is 0.410 e. The summed E-state index contributed by atoms with van der Waals surface area (Å²) in [5.74, 6) is 0.682. The molecule has 124 valence electrons. The van der Waals surface area contributed by atoms with Crippen LogP contribution in [0.2, 0.25) is 0 Å². The van der Waals surface area contributed by atoms with E-state index in [4.69, 9.17) is 9.47 Å². The zero-order chi connectivity index (χ0) is 16.3. The highest BCUT2D eigenvalue weighted by atomic mass is 16.6. The molecule has 0 saturated carbocycles. The summed E-state index contributed by atoms with van der Waals surface area (Å²) < 4.78 is 11.3. The molecule has 1 saturated heterocycles. The standard InChI is InChI=1S/C16H27N3O3/c1-12-10-14(17-11-18(12)5)21-13-6-8-19(9-7-13)15(20)22-16(2,3)4/h10-13H,6-9H2,1-5H3. The molecule has 2 aliphatic heterocycles. The largest absolute Gasteiger partial charge is 0.474 e. The zero-order valence-corrected chi connectivity index (χ0v) is 14.2. The summed E-state index contributed by atoms with van der Waals surface area (Å²) in [5.41, 5.74) is -0.450. The van der Waals surface area contributed by atoms with E-state index in [1.54, 1.807) is 11.2 Å². The van der Waals surface area contributed by atoms with Crippen LogP contribution in [0.4, 0.5) is 4.79 Å². The van der Waals surface area contributed by atoms with Gasteiger partial charge in [0.15, 0.2) is 0 Å². The van der Waals surface area contributed by atoms with Crippen LogP contribution in [0.3, 0.4) is 0 Å². The maximum atomic E-state index is 12.0. The van der Waals surface area contributed by atoms with Gasteiger partial charge >= 0.3 is 6.09 Å². The van der Waals surface area contributed by atoms with Crippen molar-refractivity contribution in [2.45, 2.75) is 58.3 Å². The van der Waals surface area contributed by atoms with Crippen LogP contribution in [-0.4, -0.2) is 60.1 Å². The molecule has 0 aromatic carbocycles. The fourth-order valence-electron chi connectivity index (χ4n) is 2.34. The van der Waals surface area contributed by atoms with Gasteiger partial charge in [0.2, 0.25) is 5.88 Å². The fraction of sp³-hybridized carbons (Fsp3) is 0.750. The summed E-state index contributed by atoms with van der Waals surface area (Å²) >= 11 is 0. The molecule has 0 aromatic rings. The minimum Gasteiger partial charge on any atom is -0.474 e. The number of rotatable bonds is 2. The van der Waals surface area contributed by atoms with Crippen LogP contribution in [0.15, 0.2) is 17.0 Å². The molecule has 6 heteroatoms. The lowest BCUT2D eigenvalue weighted by Crippen LogP contribution is -2.43. The van der Waals surface area contributed by atoms with Crippen molar-refractivity contribution in [1.82, 2.24) is 9.80 Å². The molecule has 22 heavy (non-hydrogen) atoms. The first-order chi connectivity index (χ1) is 10.2. The van der Waals surface area contributed by atoms with Gasteiger partial charge in [0.05, 0.1) is 12.4 Å². The molecule has 0 bridgehead atoms. The average Bonchev–Trinajstić information content (AvgIpc) is 2.42. The second-order valence-corrected chi connectivity index (χ2v) is 6.94. The third-order valence-electron chi connectivity index (χ3n) is 3.77. The Labute approximate surface area is 132 Å². The fourth-order valence-corrected chi connectivity index (χ4v) is 2.34. The van der Waals surface area contributed by atoms with Gasteiger partial charge in [0, 0.05) is 39.1 Å². The van der Waals surface area contributed by atoms with E-state index in [9.17, 15) is 4.79 Å². The highest BCUT2D eigenvalue weighted by Gasteiger charge is 2.28. The lowest BCUT2D eigenvalue weighted by molar-refractivity contribution is 0.00379. The Balaban J connectivity index is 1.79. The van der Waals surface area contributed by atoms with Gasteiger partial charge in [-0.15, -0.1) is 0 Å². The van der Waals surface area contributed by atoms with E-state index < -0.39 is 5.60 Å². The molecule has 2 heterocycles. The Morgan fingerprint density at radius 3 is 2.50 bits per heavy atom. The number of carbonyl (C=O) groups is 1. The van der Waals surface area contributed by atoms with Crippen LogP contribution >= 0.6 is 0 Å². The summed E-state index contributed by atoms with van der Waals surface area (Å²) in [6.07, 6.45) is 5.27. The molecule has 0 aromatic heterocycles. The molecular weight excluding hydrogens is 282 g/mol. The summed E-state index contributed by atoms with van der Waals surface area (Å²) in [6.45, 7) is 9.06. The molecule has 0 radical (unpaired) electrons. The normalized spacial score (nSPS) is 23.3. The summed E-state index contributed by atoms with van der Waals surface area (Å²) in [6, 6.07) is 0.286. The quantitative estimate of drug-likeness (QED) is 0.787. The lowest BCUT2D eigenvalue weighted by atomic mass is 10.1. The van der Waals surface area contributed by atoms with E-state index in [-0.39, 0.29) is 18.2 Å². The van der Waals surface area contributed by atoms with Gasteiger partial charge < -0.3 is 19.3 Å². The molecule has 1 fully saturated rings. The molecule has 2 rings (SSSR count). The topological polar surface area (TPSA) is 54.4 Å². The minimum absolute atomic E-state index is 0.109. The first-order valence-corrected chi connectivity index (χ1v) is 7.87. The van der Waals surface area contributed by atoms with Crippen LogP contribution in [0, 0.1) is 0 Å². The maximum absolute atomic E-state index is 12.0. The Bertz CT molecular complexity index is 460. The van der Waals surface area contributed by atoms with E-state index in [2.05, 4.69) is 11.9 Å². The van der Waals surface area contributed by atoms with Crippen molar-refractivity contribution in [2.75, 3.05) is 20.1 Å². The number of carbonyl (C=O) groups excluding carboxylic acids is 1. The molecule has 0 aliphatic carbocycles. The van der Waals surface area contributed by atoms with Crippen molar-refractivity contribution < 1.29 is 14.3 Å². The molecule has 1 atom stereocenters. The third kappa shape index (κ3) is 4.64. The van der Waals surface area contributed by atoms with Crippen molar-refractivity contribution in [2.24, 2.45) is 4.99 Å². The number of piperidine rings is 1. The van der Waals surface area contributed by atoms with Crippen molar-refractivity contribution in [3.05, 3.63) is 12.0 Å². The van der Waals surface area contributed by atoms with Gasteiger partial charge in [-0.2, -0.15) is 0 Å². The number of ether oxygens (including phenoxy) is 2. The van der Waals surface area contributed by atoms with E-state index in [1.165, 1.54) is 0 Å². The molecule has 6 nitrogen and oxygen atoms in total. The number of hydrogen-bond donors (Lipinski definition) is 0. The molecular formula is C16H27N3O3. The van der Waals surface area contributed by atoms with Crippen LogP contribution in [0.5, 0.6) is 0 Å². The second-order valence-electron chi connectivity index (χ2n) is 6.94. The predicted octanol–water partition coefficient (Wildman–Crippen LogP) is 2.61. The van der Waals surface area contributed by atoms with Gasteiger partial charge in [-0.25, -0.2) is 9.79 Å². The first kappa shape index (κ1) is 16.6. The SMILES string of the molecule is CC1C=C(OC2CCN(C(=O)OC(C)(C)C)CC2)N=CN1C. The van der Waals surface area contributed by atoms with E-state index in [0.29, 0.717) is 19.0 Å². The first-order valence-electron chi connectivity index (χ1n) is 7.87. The van der Waals surface area contributed by atoms with Gasteiger partial charge in [0.25, 0.3) is 0 Å². The molecule has 2 aliphatic rings. The maximum Gasteiger partial charge on any atom is 0.410 e. The van der Waals surface area contributed by atoms with Gasteiger partial charge in [-0.05, 0) is 27.7 Å². The number of nitrogens with zero attached hydrogens (tertiary/aromatic N) is 3. The van der Waals surface area contributed by atoms with E-state index in [1.807, 2.05) is 38.8 Å². The number of amides is 1. The highest BCUT2D eigenvalue weighted by molar-refractivity contribution is 5.68. The highest BCUT2D eigenvalue weighted by Crippen LogP contribution is 2.21.